The van der Waals surface area contributed by atoms with Gasteiger partial charge in [-0.05, 0) is 31.0 Å². The molecule has 2 heterocycles. The Morgan fingerprint density at radius 2 is 1.91 bits per heavy atom. The first-order valence-corrected chi connectivity index (χ1v) is 11.0. The summed E-state index contributed by atoms with van der Waals surface area (Å²) in [6.07, 6.45) is -1.67. The van der Waals surface area contributed by atoms with Crippen LogP contribution in [0.5, 0.6) is 5.75 Å². The highest BCUT2D eigenvalue weighted by atomic mass is 16.5. The summed E-state index contributed by atoms with van der Waals surface area (Å²) < 4.78 is 5.77. The van der Waals surface area contributed by atoms with Crippen LogP contribution < -0.4 is 15.5 Å². The van der Waals surface area contributed by atoms with Gasteiger partial charge < -0.3 is 19.6 Å². The number of fused-ring (bicyclic) bond motifs is 1. The number of para-hydroxylation sites is 1. The number of nitrogens with one attached hydrogen (secondary N) is 2. The molecule has 0 bridgehead atoms. The van der Waals surface area contributed by atoms with Crippen molar-refractivity contribution in [3.8, 4) is 5.75 Å². The van der Waals surface area contributed by atoms with E-state index in [4.69, 9.17) is 4.74 Å². The number of aliphatic imine (C=N–C) groups is 1. The van der Waals surface area contributed by atoms with E-state index in [0.717, 1.165) is 16.8 Å². The Labute approximate surface area is 197 Å². The van der Waals surface area contributed by atoms with E-state index in [9.17, 15) is 14.7 Å². The molecule has 0 aliphatic carbocycles. The fourth-order valence-corrected chi connectivity index (χ4v) is 3.88. The third kappa shape index (κ3) is 4.86. The molecule has 3 atom stereocenters. The summed E-state index contributed by atoms with van der Waals surface area (Å²) in [5.74, 6) is 0.484. The minimum absolute atomic E-state index is 0.0225. The number of nitrogens with zero attached hydrogens (tertiary/aromatic N) is 4. The van der Waals surface area contributed by atoms with Crippen LogP contribution in [0.2, 0.25) is 0 Å². The lowest BCUT2D eigenvalue weighted by molar-refractivity contribution is -0.127. The second-order valence-electron chi connectivity index (χ2n) is 8.27. The minimum atomic E-state index is -0.930. The van der Waals surface area contributed by atoms with Gasteiger partial charge in [-0.25, -0.2) is 15.2 Å². The lowest BCUT2D eigenvalue weighted by Gasteiger charge is -2.36. The highest BCUT2D eigenvalue weighted by molar-refractivity contribution is 6.04. The fraction of sp³-hybridized carbons (Fsp3) is 0.333. The van der Waals surface area contributed by atoms with Crippen LogP contribution in [-0.2, 0) is 4.79 Å². The minimum Gasteiger partial charge on any atom is -0.491 e. The number of amides is 3. The van der Waals surface area contributed by atoms with Crippen LogP contribution in [0.25, 0.3) is 0 Å². The molecule has 10 heteroatoms. The molecule has 1 saturated heterocycles. The number of guanidine groups is 1. The van der Waals surface area contributed by atoms with E-state index < -0.39 is 30.2 Å². The number of hydrogen-bond donors (Lipinski definition) is 3. The van der Waals surface area contributed by atoms with Crippen molar-refractivity contribution in [2.45, 2.75) is 32.2 Å². The number of ether oxygens (including phenoxy) is 1. The topological polar surface area (TPSA) is 119 Å². The maximum absolute atomic E-state index is 12.7. The fourth-order valence-electron chi connectivity index (χ4n) is 3.88. The Hall–Kier alpha value is -3.92. The molecule has 0 saturated carbocycles. The van der Waals surface area contributed by atoms with Crippen LogP contribution in [0, 0.1) is 6.92 Å². The third-order valence-electron chi connectivity index (χ3n) is 5.81. The van der Waals surface area contributed by atoms with E-state index in [0.29, 0.717) is 5.75 Å². The molecule has 3 unspecified atom stereocenters. The molecular weight excluding hydrogens is 436 g/mol. The summed E-state index contributed by atoms with van der Waals surface area (Å²) in [4.78, 5) is 32.3. The van der Waals surface area contributed by atoms with Gasteiger partial charge in [-0.1, -0.05) is 48.5 Å². The number of aryl methyl sites for hydroxylation is 1. The van der Waals surface area contributed by atoms with E-state index in [1.807, 2.05) is 68.4 Å². The van der Waals surface area contributed by atoms with Gasteiger partial charge >= 0.3 is 6.03 Å². The number of carbonyl (C=O) groups excluding carboxylic acids is 2. The molecule has 3 N–H and O–H groups in total. The Morgan fingerprint density at radius 1 is 1.21 bits per heavy atom. The number of hydrogen-bond acceptors (Lipinski definition) is 8. The summed E-state index contributed by atoms with van der Waals surface area (Å²) in [5, 5.41) is 17.5. The first kappa shape index (κ1) is 23.2. The highest BCUT2D eigenvalue weighted by Crippen LogP contribution is 2.24. The van der Waals surface area contributed by atoms with Crippen molar-refractivity contribution < 1.29 is 19.4 Å². The number of carbonyl (C=O) groups is 2. The Morgan fingerprint density at radius 3 is 2.65 bits per heavy atom. The normalized spacial score (nSPS) is 21.1. The summed E-state index contributed by atoms with van der Waals surface area (Å²) in [6.45, 7) is 3.85. The van der Waals surface area contributed by atoms with Gasteiger partial charge in [0.1, 0.15) is 18.5 Å². The molecule has 2 aliphatic heterocycles. The molecule has 34 heavy (non-hydrogen) atoms. The van der Waals surface area contributed by atoms with Crippen LogP contribution in [-0.4, -0.2) is 77.0 Å². The maximum Gasteiger partial charge on any atom is 0.325 e. The first-order chi connectivity index (χ1) is 16.3. The van der Waals surface area contributed by atoms with Gasteiger partial charge in [-0.3, -0.25) is 10.1 Å². The molecule has 10 nitrogen and oxygen atoms in total. The van der Waals surface area contributed by atoms with Crippen molar-refractivity contribution in [2.24, 2.45) is 10.1 Å². The van der Waals surface area contributed by atoms with Gasteiger partial charge in [-0.15, -0.1) is 0 Å². The number of imide groups is 1. The van der Waals surface area contributed by atoms with Gasteiger partial charge in [0.05, 0.1) is 12.3 Å². The van der Waals surface area contributed by atoms with Crippen LogP contribution in [0.3, 0.4) is 0 Å². The predicted molar refractivity (Wildman–Crippen MR) is 127 cm³/mol. The zero-order chi connectivity index (χ0) is 24.2. The quantitative estimate of drug-likeness (QED) is 0.420. The van der Waals surface area contributed by atoms with Crippen LogP contribution >= 0.6 is 0 Å². The van der Waals surface area contributed by atoms with Gasteiger partial charge in [0.15, 0.2) is 12.2 Å². The predicted octanol–water partition coefficient (Wildman–Crippen LogP) is 1.30. The van der Waals surface area contributed by atoms with E-state index in [-0.39, 0.29) is 19.1 Å². The Kier molecular flexibility index (Phi) is 6.78. The molecule has 3 amide bonds. The standard InChI is InChI=1S/C24H28N6O4/c1-15-9-7-8-12-19(15)34-14-18(31)13-30-20-21(29(3)24(33)26-22(20)32)25-23(30)28-27-16(2)17-10-5-4-6-11-17/h4-12,18,20-21,31H,13-14H2,1-3H3,(H,25,28)(H,26,32,33)/b27-16-. The average molecular weight is 465 g/mol. The maximum atomic E-state index is 12.7. The molecule has 0 radical (unpaired) electrons. The molecule has 2 aliphatic rings. The number of likely N-dealkylation sites (N-methyl/N-ethyl adjacent to an activating group) is 1. The van der Waals surface area contributed by atoms with Gasteiger partial charge in [-0.2, -0.15) is 5.10 Å². The van der Waals surface area contributed by atoms with Crippen LogP contribution in [0.15, 0.2) is 64.7 Å². The molecular formula is C24H28N6O4. The first-order valence-electron chi connectivity index (χ1n) is 11.0. The number of β-amino-alcohol motifs (C(OH)–C–C–N with tert-alkyl or cyclic N) is 1. The van der Waals surface area contributed by atoms with Crippen molar-refractivity contribution in [3.05, 3.63) is 65.7 Å². The van der Waals surface area contributed by atoms with Gasteiger partial charge in [0.2, 0.25) is 5.96 Å². The lowest BCUT2D eigenvalue weighted by atomic mass is 10.1. The molecule has 4 rings (SSSR count). The summed E-state index contributed by atoms with van der Waals surface area (Å²) >= 11 is 0. The van der Waals surface area contributed by atoms with E-state index in [1.54, 1.807) is 11.9 Å². The number of aliphatic hydroxyl groups excluding tert-OH is 1. The van der Waals surface area contributed by atoms with E-state index in [1.165, 1.54) is 4.90 Å². The zero-order valence-electron chi connectivity index (χ0n) is 19.3. The highest BCUT2D eigenvalue weighted by Gasteiger charge is 2.49. The van der Waals surface area contributed by atoms with Crippen molar-refractivity contribution in [3.63, 3.8) is 0 Å². The van der Waals surface area contributed by atoms with Crippen molar-refractivity contribution in [2.75, 3.05) is 20.2 Å². The second-order valence-corrected chi connectivity index (χ2v) is 8.27. The van der Waals surface area contributed by atoms with Crippen molar-refractivity contribution >= 4 is 23.6 Å². The zero-order valence-corrected chi connectivity index (χ0v) is 19.3. The summed E-state index contributed by atoms with van der Waals surface area (Å²) in [6, 6.07) is 15.8. The Balaban J connectivity index is 1.52. The molecule has 0 spiro atoms. The smallest absolute Gasteiger partial charge is 0.325 e. The average Bonchev–Trinajstić information content (AvgIpc) is 3.19. The van der Waals surface area contributed by atoms with Gasteiger partial charge in [0.25, 0.3) is 5.91 Å². The second kappa shape index (κ2) is 9.92. The van der Waals surface area contributed by atoms with Crippen molar-refractivity contribution in [1.29, 1.82) is 0 Å². The SMILES string of the molecule is C/C(=N/NC1=NC2C(C(=O)NC(=O)N2C)N1CC(O)COc1ccccc1C)c1ccccc1. The molecule has 2 aromatic carbocycles. The number of rotatable bonds is 7. The lowest BCUT2D eigenvalue weighted by Crippen LogP contribution is -2.64. The summed E-state index contributed by atoms with van der Waals surface area (Å²) in [5.41, 5.74) is 5.52. The number of aliphatic hydroxyl groups is 1. The van der Waals surface area contributed by atoms with E-state index >= 15 is 0 Å². The molecule has 1 fully saturated rings. The van der Waals surface area contributed by atoms with E-state index in [2.05, 4.69) is 20.8 Å². The van der Waals surface area contributed by atoms with Gasteiger partial charge in [0, 0.05) is 7.05 Å². The monoisotopic (exact) mass is 464 g/mol. The van der Waals surface area contributed by atoms with Crippen molar-refractivity contribution in [1.82, 2.24) is 20.5 Å². The number of hydrazone groups is 1. The summed E-state index contributed by atoms with van der Waals surface area (Å²) in [7, 11) is 1.57. The molecule has 178 valence electrons. The Bertz CT molecular complexity index is 1120. The molecule has 2 aromatic rings. The largest absolute Gasteiger partial charge is 0.491 e. The number of benzene rings is 2. The van der Waals surface area contributed by atoms with Crippen LogP contribution in [0.1, 0.15) is 18.1 Å². The molecule has 0 aromatic heterocycles. The van der Waals surface area contributed by atoms with Crippen LogP contribution in [0.4, 0.5) is 4.79 Å². The third-order valence-corrected chi connectivity index (χ3v) is 5.81. The number of urea groups is 1.